The third-order valence-corrected chi connectivity index (χ3v) is 5.27. The fourth-order valence-electron chi connectivity index (χ4n) is 3.90. The summed E-state index contributed by atoms with van der Waals surface area (Å²) in [6.07, 6.45) is -9.01. The van der Waals surface area contributed by atoms with Gasteiger partial charge in [-0.2, -0.15) is 26.3 Å². The van der Waals surface area contributed by atoms with Crippen molar-refractivity contribution in [2.45, 2.75) is 18.8 Å². The summed E-state index contributed by atoms with van der Waals surface area (Å²) in [7, 11) is 4.35. The second kappa shape index (κ2) is 12.4. The predicted molar refractivity (Wildman–Crippen MR) is 109 cm³/mol. The van der Waals surface area contributed by atoms with Gasteiger partial charge >= 0.3 is 24.3 Å². The Kier molecular flexibility index (Phi) is 10.8. The van der Waals surface area contributed by atoms with E-state index < -0.39 is 24.3 Å². The molecule has 2 aliphatic heterocycles. The van der Waals surface area contributed by atoms with E-state index in [1.54, 1.807) is 0 Å². The van der Waals surface area contributed by atoms with Crippen molar-refractivity contribution in [3.05, 3.63) is 35.9 Å². The summed E-state index contributed by atoms with van der Waals surface area (Å²) in [5.74, 6) is -4.79. The monoisotopic (exact) mass is 502 g/mol. The number of carboxylic acids is 2. The first-order valence-electron chi connectivity index (χ1n) is 10.2. The number of alkyl halides is 6. The summed E-state index contributed by atoms with van der Waals surface area (Å²) < 4.78 is 69.2. The molecule has 0 saturated carbocycles. The first-order chi connectivity index (χ1) is 15.6. The zero-order valence-corrected chi connectivity index (χ0v) is 18.7. The molecule has 2 aliphatic rings. The molecule has 0 unspecified atom stereocenters. The average Bonchev–Trinajstić information content (AvgIpc) is 3.22. The van der Waals surface area contributed by atoms with E-state index in [0.717, 1.165) is 32.1 Å². The second-order valence-corrected chi connectivity index (χ2v) is 8.39. The minimum Gasteiger partial charge on any atom is -0.475 e. The molecular weight excluding hydrogens is 474 g/mol. The van der Waals surface area contributed by atoms with Gasteiger partial charge in [0.15, 0.2) is 0 Å². The molecule has 2 fully saturated rings. The van der Waals surface area contributed by atoms with Crippen molar-refractivity contribution in [2.75, 3.05) is 53.5 Å². The van der Waals surface area contributed by atoms with Gasteiger partial charge in [0.2, 0.25) is 0 Å². The Bertz CT molecular complexity index is 764. The molecule has 2 heterocycles. The molecule has 1 aromatic carbocycles. The highest BCUT2D eigenvalue weighted by atomic mass is 19.4. The number of nitrogens with zero attached hydrogens (tertiary/aromatic N) is 2. The maximum atomic E-state index is 10.6. The van der Waals surface area contributed by atoms with Crippen LogP contribution in [-0.4, -0.2) is 97.8 Å². The number of rotatable bonds is 5. The van der Waals surface area contributed by atoms with E-state index in [1.165, 1.54) is 25.2 Å². The largest absolute Gasteiger partial charge is 0.490 e. The van der Waals surface area contributed by atoms with Crippen molar-refractivity contribution in [3.8, 4) is 0 Å². The Morgan fingerprint density at radius 3 is 2.00 bits per heavy atom. The van der Waals surface area contributed by atoms with Crippen LogP contribution in [0.1, 0.15) is 5.56 Å². The van der Waals surface area contributed by atoms with Gasteiger partial charge in [-0.15, -0.1) is 0 Å². The zero-order valence-electron chi connectivity index (χ0n) is 18.7. The van der Waals surface area contributed by atoms with Gasteiger partial charge in [0.25, 0.3) is 0 Å². The van der Waals surface area contributed by atoms with Gasteiger partial charge in [0, 0.05) is 37.5 Å². The van der Waals surface area contributed by atoms with E-state index in [0.29, 0.717) is 5.41 Å². The minimum absolute atomic E-state index is 0.375. The van der Waals surface area contributed by atoms with Crippen LogP contribution in [0.4, 0.5) is 26.3 Å². The quantitative estimate of drug-likeness (QED) is 0.599. The summed E-state index contributed by atoms with van der Waals surface area (Å²) in [4.78, 5) is 22.8. The Hall–Kier alpha value is -2.38. The number of aliphatic carboxylic acids is 2. The van der Waals surface area contributed by atoms with Crippen LogP contribution in [0.3, 0.4) is 0 Å². The Labute approximate surface area is 192 Å². The van der Waals surface area contributed by atoms with E-state index in [1.807, 2.05) is 0 Å². The van der Waals surface area contributed by atoms with Gasteiger partial charge in [0.05, 0.1) is 13.2 Å². The Balaban J connectivity index is 0.000000343. The molecule has 194 valence electrons. The van der Waals surface area contributed by atoms with E-state index in [9.17, 15) is 26.3 Å². The first-order valence-corrected chi connectivity index (χ1v) is 10.2. The number of hydrogen-bond acceptors (Lipinski definition) is 5. The molecule has 0 amide bonds. The summed E-state index contributed by atoms with van der Waals surface area (Å²) in [5, 5.41) is 14.2. The van der Waals surface area contributed by atoms with Crippen LogP contribution in [0, 0.1) is 11.3 Å². The van der Waals surface area contributed by atoms with Gasteiger partial charge in [-0.3, -0.25) is 0 Å². The lowest BCUT2D eigenvalue weighted by Gasteiger charge is -2.30. The molecule has 2 atom stereocenters. The topological polar surface area (TPSA) is 90.3 Å². The van der Waals surface area contributed by atoms with Crippen LogP contribution in [0.5, 0.6) is 0 Å². The summed E-state index contributed by atoms with van der Waals surface area (Å²) in [6.45, 7) is 6.63. The number of halogens is 6. The highest BCUT2D eigenvalue weighted by molar-refractivity contribution is 5.73. The van der Waals surface area contributed by atoms with Crippen LogP contribution >= 0.6 is 0 Å². The molecule has 1 aromatic rings. The highest BCUT2D eigenvalue weighted by Crippen LogP contribution is 2.41. The van der Waals surface area contributed by atoms with Crippen molar-refractivity contribution in [3.63, 3.8) is 0 Å². The highest BCUT2D eigenvalue weighted by Gasteiger charge is 2.50. The summed E-state index contributed by atoms with van der Waals surface area (Å²) in [6, 6.07) is 10.8. The number of likely N-dealkylation sites (tertiary alicyclic amines) is 1. The molecule has 2 N–H and O–H groups in total. The third kappa shape index (κ3) is 9.85. The molecular formula is C21H28F6N2O5. The SMILES string of the molecule is CN(C)C[C@]12COC[C@H]1CN(CCc1ccccc1)C2.O=C(O)C(F)(F)F.O=C(O)C(F)(F)F. The number of benzene rings is 1. The fraction of sp³-hybridized carbons (Fsp3) is 0.619. The second-order valence-electron chi connectivity index (χ2n) is 8.39. The minimum atomic E-state index is -5.08. The summed E-state index contributed by atoms with van der Waals surface area (Å²) in [5.41, 5.74) is 1.82. The van der Waals surface area contributed by atoms with Crippen molar-refractivity contribution in [2.24, 2.45) is 11.3 Å². The van der Waals surface area contributed by atoms with Crippen LogP contribution in [0.25, 0.3) is 0 Å². The molecule has 34 heavy (non-hydrogen) atoms. The Morgan fingerprint density at radius 2 is 1.56 bits per heavy atom. The predicted octanol–water partition coefficient (Wildman–Crippen LogP) is 3.01. The smallest absolute Gasteiger partial charge is 0.475 e. The number of ether oxygens (including phenoxy) is 1. The molecule has 2 saturated heterocycles. The Morgan fingerprint density at radius 1 is 1.06 bits per heavy atom. The number of hydrogen-bond donors (Lipinski definition) is 2. The summed E-state index contributed by atoms with van der Waals surface area (Å²) >= 11 is 0. The van der Waals surface area contributed by atoms with Crippen LogP contribution in [0.2, 0.25) is 0 Å². The van der Waals surface area contributed by atoms with Crippen LogP contribution in [0.15, 0.2) is 30.3 Å². The van der Waals surface area contributed by atoms with Crippen molar-refractivity contribution >= 4 is 11.9 Å². The van der Waals surface area contributed by atoms with E-state index >= 15 is 0 Å². The maximum Gasteiger partial charge on any atom is 0.490 e. The number of carboxylic acid groups (broad SMARTS) is 2. The van der Waals surface area contributed by atoms with Crippen LogP contribution < -0.4 is 0 Å². The average molecular weight is 502 g/mol. The molecule has 3 rings (SSSR count). The van der Waals surface area contributed by atoms with Gasteiger partial charge in [-0.1, -0.05) is 30.3 Å². The zero-order chi connectivity index (χ0) is 26.2. The van der Waals surface area contributed by atoms with Crippen molar-refractivity contribution in [1.82, 2.24) is 9.80 Å². The normalized spacial score (nSPS) is 22.3. The first kappa shape index (κ1) is 29.7. The standard InChI is InChI=1S/C17H26N2O.2C2HF3O2/c1-18(2)12-17-13-19(10-16(17)11-20-14-17)9-8-15-6-4-3-5-7-15;2*3-2(4,5)1(6)7/h3-7,16H,8-14H2,1-2H3;2*(H,6,7)/t16-,17+;;/m1../s1. The van der Waals surface area contributed by atoms with Crippen LogP contribution in [-0.2, 0) is 20.7 Å². The lowest BCUT2D eigenvalue weighted by Crippen LogP contribution is -2.40. The lowest BCUT2D eigenvalue weighted by molar-refractivity contribution is -0.193. The van der Waals surface area contributed by atoms with Crippen molar-refractivity contribution < 1.29 is 50.9 Å². The number of fused-ring (bicyclic) bond motifs is 1. The molecule has 0 radical (unpaired) electrons. The number of carbonyl (C=O) groups is 2. The molecule has 13 heteroatoms. The van der Waals surface area contributed by atoms with Gasteiger partial charge < -0.3 is 24.7 Å². The fourth-order valence-corrected chi connectivity index (χ4v) is 3.90. The van der Waals surface area contributed by atoms with Gasteiger partial charge in [-0.05, 0) is 26.1 Å². The third-order valence-electron chi connectivity index (χ3n) is 5.27. The lowest BCUT2D eigenvalue weighted by atomic mass is 9.81. The molecule has 0 aromatic heterocycles. The molecule has 7 nitrogen and oxygen atoms in total. The molecule has 0 bridgehead atoms. The van der Waals surface area contributed by atoms with Gasteiger partial charge in [-0.25, -0.2) is 9.59 Å². The van der Waals surface area contributed by atoms with E-state index in [4.69, 9.17) is 24.5 Å². The van der Waals surface area contributed by atoms with Gasteiger partial charge in [0.1, 0.15) is 0 Å². The van der Waals surface area contributed by atoms with E-state index in [2.05, 4.69) is 54.2 Å². The molecule has 0 aliphatic carbocycles. The van der Waals surface area contributed by atoms with Crippen molar-refractivity contribution in [1.29, 1.82) is 0 Å². The maximum absolute atomic E-state index is 10.6. The molecule has 0 spiro atoms. The van der Waals surface area contributed by atoms with E-state index in [-0.39, 0.29) is 0 Å².